The van der Waals surface area contributed by atoms with Crippen LogP contribution in [0.3, 0.4) is 0 Å². The fourth-order valence-electron chi connectivity index (χ4n) is 7.41. The van der Waals surface area contributed by atoms with E-state index in [0.717, 1.165) is 89.5 Å². The number of piperidine rings is 1. The average molecular weight is 620 g/mol. The van der Waals surface area contributed by atoms with Crippen molar-refractivity contribution in [1.29, 1.82) is 0 Å². The Morgan fingerprint density at radius 1 is 0.766 bits per heavy atom. The van der Waals surface area contributed by atoms with E-state index in [1.165, 1.54) is 5.57 Å². The molecule has 1 saturated heterocycles. The lowest BCUT2D eigenvalue weighted by atomic mass is 9.90. The van der Waals surface area contributed by atoms with Gasteiger partial charge in [-0.25, -0.2) is 9.97 Å². The minimum absolute atomic E-state index is 0.142. The molecule has 6 aromatic rings. The van der Waals surface area contributed by atoms with E-state index in [1.54, 1.807) is 0 Å². The van der Waals surface area contributed by atoms with Crippen LogP contribution >= 0.6 is 0 Å². The molecule has 0 saturated carbocycles. The third-order valence-corrected chi connectivity index (χ3v) is 9.79. The molecule has 2 aromatic heterocycles. The molecule has 0 radical (unpaired) electrons. The normalized spacial score (nSPS) is 17.6. The van der Waals surface area contributed by atoms with E-state index in [2.05, 4.69) is 143 Å². The van der Waals surface area contributed by atoms with Crippen LogP contribution in [-0.2, 0) is 6.54 Å². The number of para-hydroxylation sites is 4. The average Bonchev–Trinajstić information content (AvgIpc) is 3.69. The topological polar surface area (TPSA) is 56.9 Å². The number of allylic oxidation sites excluding steroid dienone is 4. The van der Waals surface area contributed by atoms with Crippen LogP contribution in [0.1, 0.15) is 32.2 Å². The monoisotopic (exact) mass is 619 g/mol. The second kappa shape index (κ2) is 13.0. The minimum Gasteiger partial charge on any atom is -0.491 e. The fourth-order valence-corrected chi connectivity index (χ4v) is 7.41. The molecule has 2 atom stereocenters. The van der Waals surface area contributed by atoms with Gasteiger partial charge in [0.2, 0.25) is 0 Å². The Hall–Kier alpha value is -4.94. The molecule has 2 unspecified atom stereocenters. The predicted molar refractivity (Wildman–Crippen MR) is 191 cm³/mol. The number of fused-ring (bicyclic) bond motifs is 2. The van der Waals surface area contributed by atoms with E-state index in [-0.39, 0.29) is 6.04 Å². The number of hydrogen-bond acceptors (Lipinski definition) is 4. The van der Waals surface area contributed by atoms with Crippen LogP contribution in [0.2, 0.25) is 0 Å². The van der Waals surface area contributed by atoms with Gasteiger partial charge in [-0.3, -0.25) is 0 Å². The molecular weight excluding hydrogens is 578 g/mol. The molecule has 8 rings (SSSR count). The summed E-state index contributed by atoms with van der Waals surface area (Å²) < 4.78 is 11.5. The van der Waals surface area contributed by atoms with E-state index in [0.29, 0.717) is 18.4 Å². The highest BCUT2D eigenvalue weighted by Crippen LogP contribution is 2.36. The summed E-state index contributed by atoms with van der Waals surface area (Å²) in [6, 6.07) is 36.2. The highest BCUT2D eigenvalue weighted by Gasteiger charge is 2.30. The largest absolute Gasteiger partial charge is 0.491 e. The fraction of sp³-hybridized carbons (Fsp3) is 0.268. The predicted octanol–water partition coefficient (Wildman–Crippen LogP) is 8.86. The third kappa shape index (κ3) is 6.01. The van der Waals surface area contributed by atoms with Gasteiger partial charge in [0.05, 0.1) is 28.1 Å². The van der Waals surface area contributed by atoms with Gasteiger partial charge in [-0.05, 0) is 98.3 Å². The minimum atomic E-state index is 0.142. The quantitative estimate of drug-likeness (QED) is 0.176. The SMILES string of the molecule is CC1C=CC=C(Cn2c(-c3ccc(OCC(C4CCNCC4)n4c(-c5ccccc5)nc5ccccc54)cc3)nc3ccccc32)C1. The van der Waals surface area contributed by atoms with Crippen LogP contribution in [-0.4, -0.2) is 38.8 Å². The number of benzene rings is 4. The van der Waals surface area contributed by atoms with Gasteiger partial charge >= 0.3 is 0 Å². The summed E-state index contributed by atoms with van der Waals surface area (Å²) in [5, 5.41) is 3.56. The molecule has 47 heavy (non-hydrogen) atoms. The summed E-state index contributed by atoms with van der Waals surface area (Å²) >= 11 is 0. The zero-order chi connectivity index (χ0) is 31.6. The molecule has 0 spiro atoms. The first-order valence-electron chi connectivity index (χ1n) is 17.0. The summed E-state index contributed by atoms with van der Waals surface area (Å²) in [4.78, 5) is 10.2. The Morgan fingerprint density at radius 3 is 2.19 bits per heavy atom. The van der Waals surface area contributed by atoms with Crippen molar-refractivity contribution < 1.29 is 4.74 Å². The summed E-state index contributed by atoms with van der Waals surface area (Å²) in [6.45, 7) is 5.74. The van der Waals surface area contributed by atoms with Crippen LogP contribution in [0.4, 0.5) is 0 Å². The van der Waals surface area contributed by atoms with Crippen molar-refractivity contribution in [2.75, 3.05) is 19.7 Å². The molecule has 1 aliphatic heterocycles. The Balaban J connectivity index is 1.10. The third-order valence-electron chi connectivity index (χ3n) is 9.79. The van der Waals surface area contributed by atoms with E-state index in [9.17, 15) is 0 Å². The van der Waals surface area contributed by atoms with E-state index >= 15 is 0 Å². The molecule has 1 fully saturated rings. The first kappa shape index (κ1) is 29.5. The van der Waals surface area contributed by atoms with E-state index < -0.39 is 0 Å². The maximum Gasteiger partial charge on any atom is 0.141 e. The molecule has 3 heterocycles. The van der Waals surface area contributed by atoms with Crippen LogP contribution in [0.15, 0.2) is 127 Å². The number of hydrogen-bond donors (Lipinski definition) is 1. The van der Waals surface area contributed by atoms with Gasteiger partial charge in [0.25, 0.3) is 0 Å². The van der Waals surface area contributed by atoms with Gasteiger partial charge in [-0.15, -0.1) is 0 Å². The number of aromatic nitrogens is 4. The molecule has 236 valence electrons. The standard InChI is InChI=1S/C41H41N5O/c1-29-10-9-11-30(26-29)27-45-37-16-7-5-14-35(37)43-40(45)33-18-20-34(21-19-33)47-28-39(31-22-24-42-25-23-31)46-38-17-8-6-15-36(38)44-41(46)32-12-3-2-4-13-32/h2-21,29,31,39,42H,22-28H2,1H3. The van der Waals surface area contributed by atoms with Crippen molar-refractivity contribution in [3.8, 4) is 28.5 Å². The lowest BCUT2D eigenvalue weighted by Gasteiger charge is -2.33. The molecule has 4 aromatic carbocycles. The second-order valence-corrected chi connectivity index (χ2v) is 13.1. The summed E-state index contributed by atoms with van der Waals surface area (Å²) in [5.74, 6) is 3.90. The van der Waals surface area contributed by atoms with E-state index in [4.69, 9.17) is 14.7 Å². The van der Waals surface area contributed by atoms with Crippen molar-refractivity contribution >= 4 is 22.1 Å². The van der Waals surface area contributed by atoms with Gasteiger partial charge in [0, 0.05) is 17.7 Å². The maximum atomic E-state index is 6.69. The Labute approximate surface area is 276 Å². The van der Waals surface area contributed by atoms with Crippen molar-refractivity contribution in [2.24, 2.45) is 11.8 Å². The lowest BCUT2D eigenvalue weighted by molar-refractivity contribution is 0.175. The first-order valence-corrected chi connectivity index (χ1v) is 17.0. The van der Waals surface area contributed by atoms with Gasteiger partial charge in [0.1, 0.15) is 24.0 Å². The molecule has 6 heteroatoms. The van der Waals surface area contributed by atoms with Gasteiger partial charge in [-0.2, -0.15) is 0 Å². The highest BCUT2D eigenvalue weighted by molar-refractivity contribution is 5.82. The Bertz CT molecular complexity index is 2050. The molecule has 1 aliphatic carbocycles. The Morgan fingerprint density at radius 2 is 1.43 bits per heavy atom. The van der Waals surface area contributed by atoms with Crippen molar-refractivity contribution in [1.82, 2.24) is 24.4 Å². The number of imidazole rings is 2. The number of ether oxygens (including phenoxy) is 1. The Kier molecular flexibility index (Phi) is 8.18. The highest BCUT2D eigenvalue weighted by atomic mass is 16.5. The molecule has 2 aliphatic rings. The van der Waals surface area contributed by atoms with Gasteiger partial charge < -0.3 is 19.2 Å². The molecule has 0 amide bonds. The van der Waals surface area contributed by atoms with Gasteiger partial charge in [0.15, 0.2) is 0 Å². The summed E-state index contributed by atoms with van der Waals surface area (Å²) in [7, 11) is 0. The second-order valence-electron chi connectivity index (χ2n) is 13.1. The number of rotatable bonds is 9. The zero-order valence-corrected chi connectivity index (χ0v) is 26.9. The van der Waals surface area contributed by atoms with E-state index in [1.807, 2.05) is 0 Å². The first-order chi connectivity index (χ1) is 23.2. The smallest absolute Gasteiger partial charge is 0.141 e. The van der Waals surface area contributed by atoms with Crippen LogP contribution < -0.4 is 10.1 Å². The van der Waals surface area contributed by atoms with Crippen LogP contribution in [0.25, 0.3) is 44.8 Å². The number of nitrogens with zero attached hydrogens (tertiary/aromatic N) is 4. The summed E-state index contributed by atoms with van der Waals surface area (Å²) in [5.41, 5.74) is 8.01. The molecule has 1 N–H and O–H groups in total. The zero-order valence-electron chi connectivity index (χ0n) is 26.9. The lowest BCUT2D eigenvalue weighted by Crippen LogP contribution is -2.35. The van der Waals surface area contributed by atoms with Crippen molar-refractivity contribution in [2.45, 2.75) is 38.8 Å². The molecule has 0 bridgehead atoms. The summed E-state index contributed by atoms with van der Waals surface area (Å²) in [6.07, 6.45) is 10.0. The van der Waals surface area contributed by atoms with Crippen LogP contribution in [0, 0.1) is 11.8 Å². The van der Waals surface area contributed by atoms with Crippen molar-refractivity contribution in [3.63, 3.8) is 0 Å². The molecule has 6 nitrogen and oxygen atoms in total. The molecular formula is C41H41N5O. The van der Waals surface area contributed by atoms with Gasteiger partial charge in [-0.1, -0.05) is 79.7 Å². The van der Waals surface area contributed by atoms with Crippen molar-refractivity contribution in [3.05, 3.63) is 127 Å². The van der Waals surface area contributed by atoms with Crippen LogP contribution in [0.5, 0.6) is 5.75 Å². The maximum absolute atomic E-state index is 6.69. The number of nitrogens with one attached hydrogen (secondary N) is 1.